The third kappa shape index (κ3) is 3.17. The minimum atomic E-state index is -0.978. The summed E-state index contributed by atoms with van der Waals surface area (Å²) >= 11 is 5.81. The zero-order valence-corrected chi connectivity index (χ0v) is 10.7. The van der Waals surface area contributed by atoms with Gasteiger partial charge in [0, 0.05) is 17.8 Å². The van der Waals surface area contributed by atoms with Gasteiger partial charge in [0.15, 0.2) is 0 Å². The van der Waals surface area contributed by atoms with Crippen LogP contribution in [0.5, 0.6) is 5.75 Å². The molecule has 0 spiro atoms. The number of halogens is 1. The van der Waals surface area contributed by atoms with Gasteiger partial charge in [-0.3, -0.25) is 0 Å². The first-order valence-corrected chi connectivity index (χ1v) is 5.99. The maximum atomic E-state index is 10.8. The van der Waals surface area contributed by atoms with E-state index in [-0.39, 0.29) is 11.3 Å². The van der Waals surface area contributed by atoms with Crippen LogP contribution in [0.1, 0.15) is 15.9 Å². The summed E-state index contributed by atoms with van der Waals surface area (Å²) in [6.45, 7) is 0.357. The molecule has 0 atom stereocenters. The zero-order valence-electron chi connectivity index (χ0n) is 9.93. The van der Waals surface area contributed by atoms with Crippen molar-refractivity contribution in [1.82, 2.24) is 0 Å². The lowest BCUT2D eigenvalue weighted by atomic mass is 10.1. The van der Waals surface area contributed by atoms with Crippen LogP contribution in [0.15, 0.2) is 42.5 Å². The van der Waals surface area contributed by atoms with Gasteiger partial charge in [0.1, 0.15) is 5.75 Å². The lowest BCUT2D eigenvalue weighted by molar-refractivity contribution is 0.0697. The molecule has 98 valence electrons. The highest BCUT2D eigenvalue weighted by Crippen LogP contribution is 2.27. The Labute approximate surface area is 115 Å². The highest BCUT2D eigenvalue weighted by atomic mass is 35.5. The summed E-state index contributed by atoms with van der Waals surface area (Å²) in [6, 6.07) is 11.6. The molecule has 3 N–H and O–H groups in total. The quantitative estimate of drug-likeness (QED) is 0.801. The molecule has 2 aromatic rings. The molecule has 4 nitrogen and oxygen atoms in total. The first kappa shape index (κ1) is 13.2. The van der Waals surface area contributed by atoms with Gasteiger partial charge in [0.2, 0.25) is 0 Å². The molecule has 0 radical (unpaired) electrons. The van der Waals surface area contributed by atoms with E-state index in [1.54, 1.807) is 30.3 Å². The van der Waals surface area contributed by atoms with Crippen molar-refractivity contribution in [2.75, 3.05) is 5.32 Å². The number of para-hydroxylation sites is 1. The van der Waals surface area contributed by atoms with Crippen LogP contribution in [0.3, 0.4) is 0 Å². The molecule has 2 aromatic carbocycles. The fourth-order valence-corrected chi connectivity index (χ4v) is 1.86. The number of aromatic carboxylic acids is 1. The summed E-state index contributed by atoms with van der Waals surface area (Å²) in [5.41, 5.74) is 1.52. The van der Waals surface area contributed by atoms with Crippen LogP contribution in [0.2, 0.25) is 5.02 Å². The first-order chi connectivity index (χ1) is 9.08. The number of benzene rings is 2. The van der Waals surface area contributed by atoms with Gasteiger partial charge in [0.25, 0.3) is 0 Å². The van der Waals surface area contributed by atoms with Crippen molar-refractivity contribution in [3.05, 3.63) is 58.6 Å². The van der Waals surface area contributed by atoms with Crippen LogP contribution in [0.25, 0.3) is 0 Å². The molecule has 0 aliphatic carbocycles. The molecular formula is C14H12ClNO3. The van der Waals surface area contributed by atoms with Crippen LogP contribution in [-0.2, 0) is 6.54 Å². The number of phenolic OH excluding ortho intramolecular Hbond substituents is 1. The van der Waals surface area contributed by atoms with Crippen molar-refractivity contribution in [1.29, 1.82) is 0 Å². The molecule has 0 saturated heterocycles. The second kappa shape index (κ2) is 5.63. The van der Waals surface area contributed by atoms with Crippen molar-refractivity contribution in [3.63, 3.8) is 0 Å². The number of rotatable bonds is 4. The smallest absolute Gasteiger partial charge is 0.335 e. The molecule has 2 rings (SSSR count). The standard InChI is InChI=1S/C14H12ClNO3/c15-12-6-2-4-10(13(12)17)8-16-11-5-1-3-9(7-11)14(18)19/h1-7,16-17H,8H2,(H,18,19). The van der Waals surface area contributed by atoms with Crippen LogP contribution in [-0.4, -0.2) is 16.2 Å². The van der Waals surface area contributed by atoms with E-state index in [1.807, 2.05) is 0 Å². The SMILES string of the molecule is O=C(O)c1cccc(NCc2cccc(Cl)c2O)c1. The fourth-order valence-electron chi connectivity index (χ4n) is 1.66. The van der Waals surface area contributed by atoms with Crippen LogP contribution in [0.4, 0.5) is 5.69 Å². The molecular weight excluding hydrogens is 266 g/mol. The normalized spacial score (nSPS) is 10.2. The predicted molar refractivity (Wildman–Crippen MR) is 73.8 cm³/mol. The number of hydrogen-bond donors (Lipinski definition) is 3. The van der Waals surface area contributed by atoms with Crippen molar-refractivity contribution in [2.45, 2.75) is 6.54 Å². The molecule has 0 heterocycles. The van der Waals surface area contributed by atoms with E-state index in [1.165, 1.54) is 12.1 Å². The van der Waals surface area contributed by atoms with Gasteiger partial charge in [0.05, 0.1) is 10.6 Å². The molecule has 0 aliphatic rings. The second-order valence-corrected chi connectivity index (χ2v) is 4.39. The Morgan fingerprint density at radius 2 is 1.95 bits per heavy atom. The second-order valence-electron chi connectivity index (χ2n) is 3.99. The van der Waals surface area contributed by atoms with Crippen LogP contribution >= 0.6 is 11.6 Å². The van der Waals surface area contributed by atoms with E-state index in [9.17, 15) is 9.90 Å². The summed E-state index contributed by atoms with van der Waals surface area (Å²) in [4.78, 5) is 10.8. The lowest BCUT2D eigenvalue weighted by Gasteiger charge is -2.09. The number of aromatic hydroxyl groups is 1. The Bertz CT molecular complexity index is 613. The Morgan fingerprint density at radius 3 is 2.68 bits per heavy atom. The number of phenols is 1. The van der Waals surface area contributed by atoms with E-state index >= 15 is 0 Å². The monoisotopic (exact) mass is 277 g/mol. The van der Waals surface area contributed by atoms with Gasteiger partial charge in [-0.15, -0.1) is 0 Å². The van der Waals surface area contributed by atoms with Gasteiger partial charge < -0.3 is 15.5 Å². The summed E-state index contributed by atoms with van der Waals surface area (Å²) in [5, 5.41) is 22.0. The van der Waals surface area contributed by atoms with E-state index in [4.69, 9.17) is 16.7 Å². The van der Waals surface area contributed by atoms with Gasteiger partial charge >= 0.3 is 5.97 Å². The Morgan fingerprint density at radius 1 is 1.21 bits per heavy atom. The maximum absolute atomic E-state index is 10.8. The predicted octanol–water partition coefficient (Wildman–Crippen LogP) is 3.36. The molecule has 0 fully saturated rings. The van der Waals surface area contributed by atoms with Crippen molar-refractivity contribution in [2.24, 2.45) is 0 Å². The third-order valence-electron chi connectivity index (χ3n) is 2.66. The topological polar surface area (TPSA) is 69.6 Å². The molecule has 0 bridgehead atoms. The summed E-state index contributed by atoms with van der Waals surface area (Å²) < 4.78 is 0. The number of carbonyl (C=O) groups is 1. The molecule has 0 saturated carbocycles. The van der Waals surface area contributed by atoms with E-state index < -0.39 is 5.97 Å². The van der Waals surface area contributed by atoms with Gasteiger partial charge in [-0.25, -0.2) is 4.79 Å². The highest BCUT2D eigenvalue weighted by molar-refractivity contribution is 6.32. The van der Waals surface area contributed by atoms with Crippen LogP contribution < -0.4 is 5.32 Å². The number of carboxylic acid groups (broad SMARTS) is 1. The van der Waals surface area contributed by atoms with Gasteiger partial charge in [-0.05, 0) is 24.3 Å². The molecule has 0 amide bonds. The molecule has 0 aliphatic heterocycles. The number of hydrogen-bond acceptors (Lipinski definition) is 3. The average Bonchev–Trinajstić information content (AvgIpc) is 2.41. The minimum Gasteiger partial charge on any atom is -0.506 e. The third-order valence-corrected chi connectivity index (χ3v) is 2.97. The fraction of sp³-hybridized carbons (Fsp3) is 0.0714. The lowest BCUT2D eigenvalue weighted by Crippen LogP contribution is -2.02. The van der Waals surface area contributed by atoms with Gasteiger partial charge in [-0.2, -0.15) is 0 Å². The van der Waals surface area contributed by atoms with Gasteiger partial charge in [-0.1, -0.05) is 29.8 Å². The summed E-state index contributed by atoms with van der Waals surface area (Å²) in [6.07, 6.45) is 0. The largest absolute Gasteiger partial charge is 0.506 e. The van der Waals surface area contributed by atoms with E-state index in [0.717, 1.165) is 0 Å². The van der Waals surface area contributed by atoms with E-state index in [0.29, 0.717) is 22.8 Å². The molecule has 0 aromatic heterocycles. The first-order valence-electron chi connectivity index (χ1n) is 5.61. The Hall–Kier alpha value is -2.20. The summed E-state index contributed by atoms with van der Waals surface area (Å²) in [7, 11) is 0. The van der Waals surface area contributed by atoms with E-state index in [2.05, 4.69) is 5.32 Å². The number of nitrogens with one attached hydrogen (secondary N) is 1. The average molecular weight is 278 g/mol. The van der Waals surface area contributed by atoms with Crippen LogP contribution in [0, 0.1) is 0 Å². The summed E-state index contributed by atoms with van der Waals surface area (Å²) in [5.74, 6) is -0.944. The highest BCUT2D eigenvalue weighted by Gasteiger charge is 2.06. The Kier molecular flexibility index (Phi) is 3.92. The van der Waals surface area contributed by atoms with Crippen molar-refractivity contribution < 1.29 is 15.0 Å². The minimum absolute atomic E-state index is 0.0334. The molecule has 19 heavy (non-hydrogen) atoms. The number of carboxylic acids is 1. The number of anilines is 1. The zero-order chi connectivity index (χ0) is 13.8. The molecule has 5 heteroatoms. The maximum Gasteiger partial charge on any atom is 0.335 e. The molecule has 0 unspecified atom stereocenters. The van der Waals surface area contributed by atoms with Crippen molar-refractivity contribution >= 4 is 23.3 Å². The Balaban J connectivity index is 2.12. The van der Waals surface area contributed by atoms with Crippen molar-refractivity contribution in [3.8, 4) is 5.75 Å².